The van der Waals surface area contributed by atoms with Crippen molar-refractivity contribution in [2.75, 3.05) is 14.2 Å². The molecule has 0 unspecified atom stereocenters. The summed E-state index contributed by atoms with van der Waals surface area (Å²) in [4.78, 5) is 14.1. The number of nitrogens with one attached hydrogen (secondary N) is 1. The zero-order chi connectivity index (χ0) is 20.9. The summed E-state index contributed by atoms with van der Waals surface area (Å²) < 4.78 is 12.5. The molecule has 30 heavy (non-hydrogen) atoms. The Morgan fingerprint density at radius 2 is 1.83 bits per heavy atom. The topological polar surface area (TPSA) is 65.4 Å². The average Bonchev–Trinajstić information content (AvgIpc) is 3.48. The van der Waals surface area contributed by atoms with E-state index in [0.29, 0.717) is 29.3 Å². The molecule has 7 heteroatoms. The molecular formula is C23H21N3O3S. The molecule has 1 amide bonds. The Balaban J connectivity index is 1.74. The summed E-state index contributed by atoms with van der Waals surface area (Å²) in [7, 11) is 3.17. The molecule has 0 bridgehead atoms. The number of aromatic nitrogens is 2. The minimum absolute atomic E-state index is 0.185. The van der Waals surface area contributed by atoms with Crippen LogP contribution >= 0.6 is 11.3 Å². The van der Waals surface area contributed by atoms with Crippen LogP contribution in [0, 0.1) is 0 Å². The molecule has 0 aliphatic carbocycles. The number of hydrogen-bond donors (Lipinski definition) is 1. The van der Waals surface area contributed by atoms with E-state index in [1.54, 1.807) is 36.4 Å². The van der Waals surface area contributed by atoms with Gasteiger partial charge in [-0.1, -0.05) is 24.3 Å². The fraction of sp³-hybridized carbons (Fsp3) is 0.130. The van der Waals surface area contributed by atoms with Crippen LogP contribution < -0.4 is 14.8 Å². The van der Waals surface area contributed by atoms with Gasteiger partial charge >= 0.3 is 0 Å². The third-order valence-electron chi connectivity index (χ3n) is 4.64. The maximum absolute atomic E-state index is 13.0. The van der Waals surface area contributed by atoms with Crippen molar-refractivity contribution in [2.24, 2.45) is 0 Å². The van der Waals surface area contributed by atoms with E-state index >= 15 is 0 Å². The highest BCUT2D eigenvalue weighted by atomic mass is 32.1. The molecule has 0 aliphatic heterocycles. The highest BCUT2D eigenvalue weighted by Crippen LogP contribution is 2.33. The predicted molar refractivity (Wildman–Crippen MR) is 118 cm³/mol. The number of rotatable bonds is 7. The number of carbonyl (C=O) groups is 1. The van der Waals surface area contributed by atoms with Crippen LogP contribution in [-0.4, -0.2) is 29.9 Å². The van der Waals surface area contributed by atoms with Crippen LogP contribution in [0.3, 0.4) is 0 Å². The normalized spacial score (nSPS) is 10.6. The molecule has 152 valence electrons. The number of ether oxygens (including phenoxy) is 2. The van der Waals surface area contributed by atoms with E-state index in [1.807, 2.05) is 66.0 Å². The molecule has 2 aromatic carbocycles. The largest absolute Gasteiger partial charge is 0.493 e. The monoisotopic (exact) mass is 419 g/mol. The van der Waals surface area contributed by atoms with Gasteiger partial charge in [-0.2, -0.15) is 5.10 Å². The number of hydrogen-bond acceptors (Lipinski definition) is 5. The Morgan fingerprint density at radius 3 is 2.53 bits per heavy atom. The Morgan fingerprint density at radius 1 is 1.03 bits per heavy atom. The van der Waals surface area contributed by atoms with Crippen molar-refractivity contribution in [3.63, 3.8) is 0 Å². The van der Waals surface area contributed by atoms with Crippen LogP contribution in [0.15, 0.2) is 72.2 Å². The maximum atomic E-state index is 13.0. The first-order valence-electron chi connectivity index (χ1n) is 9.37. The lowest BCUT2D eigenvalue weighted by molar-refractivity contribution is 0.0952. The minimum atomic E-state index is -0.185. The van der Waals surface area contributed by atoms with Crippen LogP contribution in [0.5, 0.6) is 11.5 Å². The zero-order valence-electron chi connectivity index (χ0n) is 16.7. The lowest BCUT2D eigenvalue weighted by Crippen LogP contribution is -2.22. The van der Waals surface area contributed by atoms with E-state index in [0.717, 1.165) is 16.1 Å². The quantitative estimate of drug-likeness (QED) is 0.477. The van der Waals surface area contributed by atoms with Gasteiger partial charge in [0.1, 0.15) is 5.69 Å². The standard InChI is InChI=1S/C23H21N3O3S/c1-28-20-11-10-16(13-21(20)29-2)22-19(23(27)24-14-18-9-6-12-30-18)15-26(25-22)17-7-4-3-5-8-17/h3-13,15H,14H2,1-2H3,(H,24,27). The molecule has 0 saturated heterocycles. The summed E-state index contributed by atoms with van der Waals surface area (Å²) >= 11 is 1.61. The van der Waals surface area contributed by atoms with Gasteiger partial charge in [0, 0.05) is 16.6 Å². The first-order chi connectivity index (χ1) is 14.7. The minimum Gasteiger partial charge on any atom is -0.493 e. The summed E-state index contributed by atoms with van der Waals surface area (Å²) in [6.45, 7) is 0.471. The van der Waals surface area contributed by atoms with Gasteiger partial charge in [0.15, 0.2) is 11.5 Å². The summed E-state index contributed by atoms with van der Waals surface area (Å²) in [5.74, 6) is 1.01. The van der Waals surface area contributed by atoms with Gasteiger partial charge in [-0.3, -0.25) is 4.79 Å². The van der Waals surface area contributed by atoms with Crippen LogP contribution in [0.25, 0.3) is 16.9 Å². The van der Waals surface area contributed by atoms with Gasteiger partial charge in [-0.15, -0.1) is 11.3 Å². The third-order valence-corrected chi connectivity index (χ3v) is 5.52. The Labute approximate surface area is 178 Å². The molecular weight excluding hydrogens is 398 g/mol. The second-order valence-corrected chi connectivity index (χ2v) is 7.54. The molecule has 0 saturated carbocycles. The molecule has 1 N–H and O–H groups in total. The number of nitrogens with zero attached hydrogens (tertiary/aromatic N) is 2. The molecule has 2 aromatic heterocycles. The molecule has 0 aliphatic rings. The number of benzene rings is 2. The van der Waals surface area contributed by atoms with Gasteiger partial charge in [0.05, 0.1) is 32.0 Å². The second kappa shape index (κ2) is 8.84. The predicted octanol–water partition coefficient (Wildman–Crippen LogP) is 4.55. The van der Waals surface area contributed by atoms with Crippen molar-refractivity contribution in [2.45, 2.75) is 6.54 Å². The Kier molecular flexibility index (Phi) is 5.81. The van der Waals surface area contributed by atoms with Gasteiger partial charge in [-0.05, 0) is 41.8 Å². The van der Waals surface area contributed by atoms with Crippen molar-refractivity contribution in [3.05, 3.63) is 82.7 Å². The molecule has 6 nitrogen and oxygen atoms in total. The SMILES string of the molecule is COc1ccc(-c2nn(-c3ccccc3)cc2C(=O)NCc2cccs2)cc1OC. The molecule has 0 fully saturated rings. The number of thiophene rings is 1. The molecule has 0 atom stereocenters. The summed E-state index contributed by atoms with van der Waals surface area (Å²) in [5, 5.41) is 9.69. The lowest BCUT2D eigenvalue weighted by atomic mass is 10.1. The molecule has 4 rings (SSSR count). The summed E-state index contributed by atoms with van der Waals surface area (Å²) in [6, 6.07) is 19.2. The number of methoxy groups -OCH3 is 2. The van der Waals surface area contributed by atoms with E-state index in [1.165, 1.54) is 0 Å². The number of para-hydroxylation sites is 1. The van der Waals surface area contributed by atoms with Gasteiger partial charge in [0.2, 0.25) is 0 Å². The molecule has 0 radical (unpaired) electrons. The van der Waals surface area contributed by atoms with E-state index in [2.05, 4.69) is 5.32 Å². The highest BCUT2D eigenvalue weighted by molar-refractivity contribution is 7.09. The molecule has 0 spiro atoms. The lowest BCUT2D eigenvalue weighted by Gasteiger charge is -2.09. The first kappa shape index (κ1) is 19.7. The third kappa shape index (κ3) is 4.06. The number of carbonyl (C=O) groups excluding carboxylic acids is 1. The average molecular weight is 420 g/mol. The van der Waals surface area contributed by atoms with Crippen molar-refractivity contribution < 1.29 is 14.3 Å². The zero-order valence-corrected chi connectivity index (χ0v) is 17.5. The maximum Gasteiger partial charge on any atom is 0.255 e. The van der Waals surface area contributed by atoms with Gasteiger partial charge in [-0.25, -0.2) is 4.68 Å². The van der Waals surface area contributed by atoms with Crippen LogP contribution in [-0.2, 0) is 6.54 Å². The highest BCUT2D eigenvalue weighted by Gasteiger charge is 2.20. The second-order valence-electron chi connectivity index (χ2n) is 6.50. The smallest absolute Gasteiger partial charge is 0.255 e. The van der Waals surface area contributed by atoms with Gasteiger partial charge < -0.3 is 14.8 Å². The van der Waals surface area contributed by atoms with Crippen LogP contribution in [0.2, 0.25) is 0 Å². The van der Waals surface area contributed by atoms with Crippen LogP contribution in [0.1, 0.15) is 15.2 Å². The van der Waals surface area contributed by atoms with E-state index in [4.69, 9.17) is 14.6 Å². The van der Waals surface area contributed by atoms with Crippen molar-refractivity contribution in [1.29, 1.82) is 0 Å². The van der Waals surface area contributed by atoms with E-state index in [-0.39, 0.29) is 5.91 Å². The van der Waals surface area contributed by atoms with E-state index < -0.39 is 0 Å². The van der Waals surface area contributed by atoms with Crippen molar-refractivity contribution in [3.8, 4) is 28.4 Å². The van der Waals surface area contributed by atoms with E-state index in [9.17, 15) is 4.79 Å². The molecule has 4 aromatic rings. The number of amides is 1. The Bertz CT molecular complexity index is 1140. The van der Waals surface area contributed by atoms with Crippen LogP contribution in [0.4, 0.5) is 0 Å². The van der Waals surface area contributed by atoms with Gasteiger partial charge in [0.25, 0.3) is 5.91 Å². The van der Waals surface area contributed by atoms with Crippen molar-refractivity contribution >= 4 is 17.2 Å². The molecule has 2 heterocycles. The summed E-state index contributed by atoms with van der Waals surface area (Å²) in [6.07, 6.45) is 1.76. The van der Waals surface area contributed by atoms with Crippen molar-refractivity contribution in [1.82, 2.24) is 15.1 Å². The summed E-state index contributed by atoms with van der Waals surface area (Å²) in [5.41, 5.74) is 2.70. The fourth-order valence-electron chi connectivity index (χ4n) is 3.13. The fourth-order valence-corrected chi connectivity index (χ4v) is 3.77. The Hall–Kier alpha value is -3.58. The first-order valence-corrected chi connectivity index (χ1v) is 10.3.